The first-order valence-corrected chi connectivity index (χ1v) is 6.05. The van der Waals surface area contributed by atoms with E-state index in [-0.39, 0.29) is 5.91 Å². The third kappa shape index (κ3) is 3.64. The molecule has 0 spiro atoms. The minimum atomic E-state index is -0.0715. The molecule has 0 bridgehead atoms. The fraction of sp³-hybridized carbons (Fsp3) is 0.400. The number of carbonyl (C=O) groups is 1. The molecular formula is C15H19NO. The molecule has 0 heterocycles. The predicted octanol–water partition coefficient (Wildman–Crippen LogP) is 2.90. The molecule has 2 nitrogen and oxygen atoms in total. The summed E-state index contributed by atoms with van der Waals surface area (Å²) in [6, 6.07) is 5.55. The van der Waals surface area contributed by atoms with E-state index in [2.05, 4.69) is 18.2 Å². The summed E-state index contributed by atoms with van der Waals surface area (Å²) < 4.78 is 0. The van der Waals surface area contributed by atoms with E-state index in [1.165, 1.54) is 0 Å². The van der Waals surface area contributed by atoms with Crippen molar-refractivity contribution in [2.45, 2.75) is 33.1 Å². The molecule has 1 N–H and O–H groups in total. The normalized spacial score (nSPS) is 9.71. The molecule has 0 saturated carbocycles. The lowest BCUT2D eigenvalue weighted by Gasteiger charge is -2.08. The number of hydrogen-bond donors (Lipinski definition) is 1. The average Bonchev–Trinajstić information content (AvgIpc) is 2.34. The van der Waals surface area contributed by atoms with Gasteiger partial charge in [0.2, 0.25) is 0 Å². The van der Waals surface area contributed by atoms with Crippen molar-refractivity contribution in [1.82, 2.24) is 5.32 Å². The molecule has 0 aliphatic heterocycles. The van der Waals surface area contributed by atoms with E-state index in [0.29, 0.717) is 17.7 Å². The Morgan fingerprint density at radius 1 is 1.41 bits per heavy atom. The lowest BCUT2D eigenvalue weighted by molar-refractivity contribution is 0.0952. The average molecular weight is 229 g/mol. The van der Waals surface area contributed by atoms with Crippen molar-refractivity contribution in [3.63, 3.8) is 0 Å². The molecule has 0 aliphatic carbocycles. The van der Waals surface area contributed by atoms with Crippen LogP contribution in [0.15, 0.2) is 18.2 Å². The van der Waals surface area contributed by atoms with Gasteiger partial charge in [0.05, 0.1) is 5.56 Å². The van der Waals surface area contributed by atoms with Gasteiger partial charge in [-0.05, 0) is 25.0 Å². The smallest absolute Gasteiger partial charge is 0.252 e. The summed E-state index contributed by atoms with van der Waals surface area (Å²) in [5.74, 6) is 2.51. The Bertz CT molecular complexity index is 429. The van der Waals surface area contributed by atoms with Gasteiger partial charge in [0.15, 0.2) is 0 Å². The first kappa shape index (κ1) is 13.3. The number of terminal acetylenes is 1. The van der Waals surface area contributed by atoms with Crippen molar-refractivity contribution in [1.29, 1.82) is 0 Å². The van der Waals surface area contributed by atoms with Gasteiger partial charge in [-0.25, -0.2) is 0 Å². The molecule has 0 atom stereocenters. The summed E-state index contributed by atoms with van der Waals surface area (Å²) in [6.45, 7) is 4.77. The zero-order valence-corrected chi connectivity index (χ0v) is 10.5. The molecule has 1 amide bonds. The van der Waals surface area contributed by atoms with Crippen LogP contribution in [0.4, 0.5) is 0 Å². The summed E-state index contributed by atoms with van der Waals surface area (Å²) in [5, 5.41) is 2.90. The van der Waals surface area contributed by atoms with Crippen LogP contribution >= 0.6 is 0 Å². The van der Waals surface area contributed by atoms with E-state index in [1.807, 2.05) is 19.1 Å². The Kier molecular flexibility index (Phi) is 5.29. The fourth-order valence-corrected chi connectivity index (χ4v) is 1.72. The Labute approximate surface area is 103 Å². The summed E-state index contributed by atoms with van der Waals surface area (Å²) in [5.41, 5.74) is 2.26. The number of aryl methyl sites for hydroxylation is 1. The zero-order valence-electron chi connectivity index (χ0n) is 10.5. The molecule has 1 rings (SSSR count). The number of amides is 1. The van der Waals surface area contributed by atoms with E-state index in [9.17, 15) is 4.79 Å². The molecule has 0 saturated heterocycles. The minimum Gasteiger partial charge on any atom is -0.352 e. The summed E-state index contributed by atoms with van der Waals surface area (Å²) >= 11 is 0. The SMILES string of the molecule is C#Cc1c(C)cccc1C(=O)NCCCCC. The highest BCUT2D eigenvalue weighted by Crippen LogP contribution is 2.12. The lowest BCUT2D eigenvalue weighted by atomic mass is 10.0. The summed E-state index contributed by atoms with van der Waals surface area (Å²) in [6.07, 6.45) is 8.73. The topological polar surface area (TPSA) is 29.1 Å². The van der Waals surface area contributed by atoms with Crippen LogP contribution in [0.1, 0.15) is 47.7 Å². The Hall–Kier alpha value is -1.75. The highest BCUT2D eigenvalue weighted by molar-refractivity contribution is 5.97. The molecule has 17 heavy (non-hydrogen) atoms. The number of rotatable bonds is 5. The first-order valence-electron chi connectivity index (χ1n) is 6.05. The fourth-order valence-electron chi connectivity index (χ4n) is 1.72. The van der Waals surface area contributed by atoms with Crippen LogP contribution in [0.2, 0.25) is 0 Å². The summed E-state index contributed by atoms with van der Waals surface area (Å²) in [4.78, 5) is 11.9. The van der Waals surface area contributed by atoms with Crippen molar-refractivity contribution in [2.24, 2.45) is 0 Å². The highest BCUT2D eigenvalue weighted by atomic mass is 16.1. The molecule has 0 aliphatic rings. The lowest BCUT2D eigenvalue weighted by Crippen LogP contribution is -2.25. The maximum atomic E-state index is 11.9. The molecule has 0 unspecified atom stereocenters. The Morgan fingerprint density at radius 2 is 2.18 bits per heavy atom. The maximum Gasteiger partial charge on any atom is 0.252 e. The highest BCUT2D eigenvalue weighted by Gasteiger charge is 2.10. The number of benzene rings is 1. The third-order valence-corrected chi connectivity index (χ3v) is 2.73. The van der Waals surface area contributed by atoms with Crippen LogP contribution in [-0.4, -0.2) is 12.5 Å². The van der Waals surface area contributed by atoms with Crippen LogP contribution in [0.25, 0.3) is 0 Å². The second-order valence-electron chi connectivity index (χ2n) is 4.10. The van der Waals surface area contributed by atoms with Crippen LogP contribution in [0, 0.1) is 19.3 Å². The quantitative estimate of drug-likeness (QED) is 0.610. The van der Waals surface area contributed by atoms with Crippen LogP contribution in [-0.2, 0) is 0 Å². The van der Waals surface area contributed by atoms with E-state index < -0.39 is 0 Å². The molecule has 1 aromatic rings. The van der Waals surface area contributed by atoms with Crippen LogP contribution in [0.3, 0.4) is 0 Å². The molecule has 0 fully saturated rings. The van der Waals surface area contributed by atoms with Gasteiger partial charge >= 0.3 is 0 Å². The number of hydrogen-bond acceptors (Lipinski definition) is 1. The third-order valence-electron chi connectivity index (χ3n) is 2.73. The number of carbonyl (C=O) groups excluding carboxylic acids is 1. The molecule has 0 radical (unpaired) electrons. The molecule has 2 heteroatoms. The Balaban J connectivity index is 2.70. The van der Waals surface area contributed by atoms with Gasteiger partial charge in [-0.1, -0.05) is 37.8 Å². The second kappa shape index (κ2) is 6.75. The van der Waals surface area contributed by atoms with Gasteiger partial charge in [0.25, 0.3) is 5.91 Å². The minimum absolute atomic E-state index is 0.0715. The van der Waals surface area contributed by atoms with Gasteiger partial charge in [-0.15, -0.1) is 6.42 Å². The van der Waals surface area contributed by atoms with E-state index in [1.54, 1.807) is 6.07 Å². The monoisotopic (exact) mass is 229 g/mol. The van der Waals surface area contributed by atoms with Gasteiger partial charge in [0, 0.05) is 12.1 Å². The molecule has 1 aromatic carbocycles. The van der Waals surface area contributed by atoms with Crippen molar-refractivity contribution in [3.8, 4) is 12.3 Å². The Morgan fingerprint density at radius 3 is 2.82 bits per heavy atom. The van der Waals surface area contributed by atoms with Gasteiger partial charge in [-0.2, -0.15) is 0 Å². The van der Waals surface area contributed by atoms with Gasteiger partial charge in [0.1, 0.15) is 0 Å². The number of nitrogens with one attached hydrogen (secondary N) is 1. The van der Waals surface area contributed by atoms with Crippen molar-refractivity contribution in [3.05, 3.63) is 34.9 Å². The molecule has 90 valence electrons. The van der Waals surface area contributed by atoms with Gasteiger partial charge in [-0.3, -0.25) is 4.79 Å². The zero-order chi connectivity index (χ0) is 12.7. The van der Waals surface area contributed by atoms with E-state index in [4.69, 9.17) is 6.42 Å². The van der Waals surface area contributed by atoms with Crippen molar-refractivity contribution < 1.29 is 4.79 Å². The second-order valence-corrected chi connectivity index (χ2v) is 4.10. The predicted molar refractivity (Wildman–Crippen MR) is 71.0 cm³/mol. The molecular weight excluding hydrogens is 210 g/mol. The first-order chi connectivity index (χ1) is 8.20. The summed E-state index contributed by atoms with van der Waals surface area (Å²) in [7, 11) is 0. The van der Waals surface area contributed by atoms with Crippen molar-refractivity contribution in [2.75, 3.05) is 6.54 Å². The maximum absolute atomic E-state index is 11.9. The van der Waals surface area contributed by atoms with Crippen molar-refractivity contribution >= 4 is 5.91 Å². The number of unbranched alkanes of at least 4 members (excludes halogenated alkanes) is 2. The van der Waals surface area contributed by atoms with E-state index in [0.717, 1.165) is 24.8 Å². The molecule has 0 aromatic heterocycles. The van der Waals surface area contributed by atoms with Crippen LogP contribution < -0.4 is 5.32 Å². The van der Waals surface area contributed by atoms with E-state index >= 15 is 0 Å². The standard InChI is InChI=1S/C15H19NO/c1-4-6-7-11-16-15(17)14-10-8-9-12(3)13(14)5-2/h2,8-10H,4,6-7,11H2,1,3H3,(H,16,17). The van der Waals surface area contributed by atoms with Crippen LogP contribution in [0.5, 0.6) is 0 Å². The van der Waals surface area contributed by atoms with Gasteiger partial charge < -0.3 is 5.32 Å². The largest absolute Gasteiger partial charge is 0.352 e.